The highest BCUT2D eigenvalue weighted by Crippen LogP contribution is 2.31. The van der Waals surface area contributed by atoms with Crippen molar-refractivity contribution in [3.05, 3.63) is 34.3 Å². The maximum Gasteiger partial charge on any atom is 0.360 e. The molecule has 0 radical (unpaired) electrons. The summed E-state index contributed by atoms with van der Waals surface area (Å²) in [6, 6.07) is 3.97. The molecule has 2 atom stereocenters. The second-order valence-electron chi connectivity index (χ2n) is 7.73. The minimum Gasteiger partial charge on any atom is -0.464 e. The number of thiophene rings is 1. The van der Waals surface area contributed by atoms with Crippen molar-refractivity contribution in [2.45, 2.75) is 50.7 Å². The van der Waals surface area contributed by atoms with Gasteiger partial charge in [0.2, 0.25) is 5.91 Å². The molecule has 0 saturated carbocycles. The zero-order chi connectivity index (χ0) is 20.2. The smallest absolute Gasteiger partial charge is 0.360 e. The van der Waals surface area contributed by atoms with E-state index in [4.69, 9.17) is 4.74 Å². The Kier molecular flexibility index (Phi) is 6.25. The van der Waals surface area contributed by atoms with E-state index in [2.05, 4.69) is 26.7 Å². The molecule has 2 aliphatic heterocycles. The van der Waals surface area contributed by atoms with Gasteiger partial charge in [-0.15, -0.1) is 16.4 Å². The molecule has 156 valence electrons. The van der Waals surface area contributed by atoms with E-state index < -0.39 is 5.97 Å². The first kappa shape index (κ1) is 20.0. The van der Waals surface area contributed by atoms with Crippen LogP contribution in [-0.4, -0.2) is 69.5 Å². The number of methoxy groups -OCH3 is 1. The van der Waals surface area contributed by atoms with E-state index in [1.54, 1.807) is 22.2 Å². The lowest BCUT2D eigenvalue weighted by Crippen LogP contribution is -2.45. The lowest BCUT2D eigenvalue weighted by atomic mass is 10.1. The first-order chi connectivity index (χ1) is 14.2. The Balaban J connectivity index is 1.53. The van der Waals surface area contributed by atoms with Gasteiger partial charge < -0.3 is 9.64 Å². The molecule has 0 spiro atoms. The number of carbonyl (C=O) groups is 2. The van der Waals surface area contributed by atoms with E-state index in [9.17, 15) is 9.59 Å². The van der Waals surface area contributed by atoms with Crippen LogP contribution in [0.4, 0.5) is 0 Å². The van der Waals surface area contributed by atoms with Crippen LogP contribution in [-0.2, 0) is 16.1 Å². The third-order valence-corrected chi connectivity index (χ3v) is 6.66. The van der Waals surface area contributed by atoms with Gasteiger partial charge >= 0.3 is 5.97 Å². The van der Waals surface area contributed by atoms with Crippen molar-refractivity contribution in [2.75, 3.05) is 26.7 Å². The maximum absolute atomic E-state index is 13.4. The van der Waals surface area contributed by atoms with Crippen molar-refractivity contribution >= 4 is 23.2 Å². The quantitative estimate of drug-likeness (QED) is 0.695. The number of amides is 1. The molecule has 8 nitrogen and oxygen atoms in total. The summed E-state index contributed by atoms with van der Waals surface area (Å²) in [5.74, 6) is -0.277. The molecule has 0 bridgehead atoms. The summed E-state index contributed by atoms with van der Waals surface area (Å²) in [6.07, 6.45) is 6.86. The molecule has 0 aromatic carbocycles. The molecule has 2 aromatic rings. The fourth-order valence-electron chi connectivity index (χ4n) is 4.26. The van der Waals surface area contributed by atoms with Crippen molar-refractivity contribution in [3.8, 4) is 0 Å². The van der Waals surface area contributed by atoms with Crippen LogP contribution >= 0.6 is 11.3 Å². The Morgan fingerprint density at radius 3 is 2.72 bits per heavy atom. The van der Waals surface area contributed by atoms with Gasteiger partial charge in [-0.2, -0.15) is 0 Å². The van der Waals surface area contributed by atoms with Gasteiger partial charge in [-0.1, -0.05) is 24.1 Å². The van der Waals surface area contributed by atoms with Crippen molar-refractivity contribution < 1.29 is 14.3 Å². The number of hydrogen-bond acceptors (Lipinski definition) is 7. The molecule has 2 aromatic heterocycles. The van der Waals surface area contributed by atoms with E-state index >= 15 is 0 Å². The summed E-state index contributed by atoms with van der Waals surface area (Å²) in [5, 5.41) is 10.1. The first-order valence-electron chi connectivity index (χ1n) is 10.2. The molecular weight excluding hydrogens is 390 g/mol. The Morgan fingerprint density at radius 1 is 1.24 bits per heavy atom. The maximum atomic E-state index is 13.4. The van der Waals surface area contributed by atoms with E-state index in [-0.39, 0.29) is 23.7 Å². The fourth-order valence-corrected chi connectivity index (χ4v) is 4.99. The van der Waals surface area contributed by atoms with Crippen LogP contribution in [0.3, 0.4) is 0 Å². The van der Waals surface area contributed by atoms with E-state index in [0.717, 1.165) is 32.5 Å². The van der Waals surface area contributed by atoms with Crippen molar-refractivity contribution in [1.82, 2.24) is 24.8 Å². The third-order valence-electron chi connectivity index (χ3n) is 5.80. The molecule has 2 fully saturated rings. The molecular formula is C20H27N5O3S. The number of ether oxygens (including phenoxy) is 1. The van der Waals surface area contributed by atoms with Crippen LogP contribution in [0, 0.1) is 0 Å². The Labute approximate surface area is 174 Å². The van der Waals surface area contributed by atoms with Gasteiger partial charge in [-0.3, -0.25) is 9.69 Å². The summed E-state index contributed by atoms with van der Waals surface area (Å²) >= 11 is 1.71. The number of rotatable bonds is 5. The highest BCUT2D eigenvalue weighted by molar-refractivity contribution is 7.09. The summed E-state index contributed by atoms with van der Waals surface area (Å²) in [5.41, 5.74) is 0.194. The minimum atomic E-state index is -0.498. The standard InChI is InChI=1S/C20H27N5O3S/c1-28-20(27)17-14-25(22-21-17)15-11-18(19(26)23-8-4-2-3-5-9-23)24(12-15)13-16-7-6-10-29-16/h6-7,10,14-15,18H,2-5,8-9,11-13H2,1H3/t15-,18+/m1/s1. The predicted octanol–water partition coefficient (Wildman–Crippen LogP) is 2.34. The van der Waals surface area contributed by atoms with Crippen LogP contribution < -0.4 is 0 Å². The SMILES string of the molecule is COC(=O)c1cn([C@@H]2C[C@@H](C(=O)N3CCCCCC3)N(Cc3cccs3)C2)nn1. The third kappa shape index (κ3) is 4.51. The lowest BCUT2D eigenvalue weighted by molar-refractivity contribution is -0.136. The van der Waals surface area contributed by atoms with Crippen LogP contribution in [0.2, 0.25) is 0 Å². The number of carbonyl (C=O) groups excluding carboxylic acids is 2. The van der Waals surface area contributed by atoms with E-state index in [0.29, 0.717) is 13.0 Å². The largest absolute Gasteiger partial charge is 0.464 e. The minimum absolute atomic E-state index is 0.00166. The molecule has 2 saturated heterocycles. The Bertz CT molecular complexity index is 829. The molecule has 9 heteroatoms. The van der Waals surface area contributed by atoms with Crippen molar-refractivity contribution in [1.29, 1.82) is 0 Å². The average molecular weight is 418 g/mol. The molecule has 2 aliphatic rings. The van der Waals surface area contributed by atoms with Crippen LogP contribution in [0.15, 0.2) is 23.7 Å². The van der Waals surface area contributed by atoms with Gasteiger partial charge in [-0.05, 0) is 30.7 Å². The van der Waals surface area contributed by atoms with Crippen LogP contribution in [0.5, 0.6) is 0 Å². The fraction of sp³-hybridized carbons (Fsp3) is 0.600. The summed E-state index contributed by atoms with van der Waals surface area (Å²) in [7, 11) is 1.33. The number of esters is 1. The Morgan fingerprint density at radius 2 is 2.03 bits per heavy atom. The van der Waals surface area contributed by atoms with Crippen molar-refractivity contribution in [3.63, 3.8) is 0 Å². The number of likely N-dealkylation sites (tertiary alicyclic amines) is 2. The van der Waals surface area contributed by atoms with Crippen LogP contribution in [0.25, 0.3) is 0 Å². The zero-order valence-electron chi connectivity index (χ0n) is 16.7. The number of nitrogens with zero attached hydrogens (tertiary/aromatic N) is 5. The second kappa shape index (κ2) is 9.04. The topological polar surface area (TPSA) is 80.6 Å². The van der Waals surface area contributed by atoms with Gasteiger partial charge in [-0.25, -0.2) is 9.48 Å². The first-order valence-corrected chi connectivity index (χ1v) is 11.1. The van der Waals surface area contributed by atoms with Crippen LogP contribution in [0.1, 0.15) is 53.5 Å². The van der Waals surface area contributed by atoms with Gasteiger partial charge in [0.15, 0.2) is 5.69 Å². The van der Waals surface area contributed by atoms with E-state index in [1.165, 1.54) is 24.8 Å². The Hall–Kier alpha value is -2.26. The highest BCUT2D eigenvalue weighted by Gasteiger charge is 2.40. The number of aromatic nitrogens is 3. The normalized spacial score (nSPS) is 23.1. The molecule has 0 aliphatic carbocycles. The highest BCUT2D eigenvalue weighted by atomic mass is 32.1. The van der Waals surface area contributed by atoms with Gasteiger partial charge in [0.1, 0.15) is 0 Å². The zero-order valence-corrected chi connectivity index (χ0v) is 17.5. The van der Waals surface area contributed by atoms with E-state index in [1.807, 2.05) is 11.0 Å². The average Bonchev–Trinajstić information content (AvgIpc) is 3.45. The second-order valence-corrected chi connectivity index (χ2v) is 8.76. The molecule has 4 rings (SSSR count). The van der Waals surface area contributed by atoms with Gasteiger partial charge in [0.25, 0.3) is 0 Å². The van der Waals surface area contributed by atoms with Gasteiger partial charge in [0, 0.05) is 31.1 Å². The summed E-state index contributed by atoms with van der Waals surface area (Å²) < 4.78 is 6.44. The summed E-state index contributed by atoms with van der Waals surface area (Å²) in [4.78, 5) is 30.7. The molecule has 4 heterocycles. The van der Waals surface area contributed by atoms with Crippen molar-refractivity contribution in [2.24, 2.45) is 0 Å². The molecule has 29 heavy (non-hydrogen) atoms. The lowest BCUT2D eigenvalue weighted by Gasteiger charge is -2.29. The monoisotopic (exact) mass is 417 g/mol. The molecule has 0 N–H and O–H groups in total. The molecule has 1 amide bonds. The summed E-state index contributed by atoms with van der Waals surface area (Å²) in [6.45, 7) is 3.15. The molecule has 0 unspecified atom stereocenters. The van der Waals surface area contributed by atoms with Gasteiger partial charge in [0.05, 0.1) is 25.4 Å². The number of hydrogen-bond donors (Lipinski definition) is 0. The predicted molar refractivity (Wildman–Crippen MR) is 109 cm³/mol.